The van der Waals surface area contributed by atoms with Gasteiger partial charge in [0.15, 0.2) is 11.5 Å². The molecule has 0 heterocycles. The largest absolute Gasteiger partial charge is 0.494 e. The van der Waals surface area contributed by atoms with E-state index in [2.05, 4.69) is 5.32 Å². The number of rotatable bonds is 6. The van der Waals surface area contributed by atoms with Crippen LogP contribution in [0, 0.1) is 0 Å². The minimum absolute atomic E-state index is 0.262. The van der Waals surface area contributed by atoms with Gasteiger partial charge in [0.05, 0.1) is 33.5 Å². The lowest BCUT2D eigenvalue weighted by molar-refractivity contribution is 0.102. The SMILES string of the molecule is COc1cc(N)cc(Cl)c1NC(=O)c1cc(OC)c(OC)c(OC)c1. The van der Waals surface area contributed by atoms with Gasteiger partial charge in [0.1, 0.15) is 11.4 Å². The molecule has 2 aromatic rings. The van der Waals surface area contributed by atoms with Gasteiger partial charge < -0.3 is 30.0 Å². The normalized spacial score (nSPS) is 10.1. The van der Waals surface area contributed by atoms with Crippen molar-refractivity contribution in [3.63, 3.8) is 0 Å². The molecule has 25 heavy (non-hydrogen) atoms. The maximum atomic E-state index is 12.6. The Balaban J connectivity index is 2.43. The summed E-state index contributed by atoms with van der Waals surface area (Å²) in [7, 11) is 5.89. The number of nitrogen functional groups attached to an aromatic ring is 1. The lowest BCUT2D eigenvalue weighted by Crippen LogP contribution is -2.14. The topological polar surface area (TPSA) is 92.0 Å². The van der Waals surface area contributed by atoms with E-state index >= 15 is 0 Å². The third-order valence-electron chi connectivity index (χ3n) is 3.46. The molecular formula is C17H19ClN2O5. The first-order valence-electron chi connectivity index (χ1n) is 7.19. The van der Waals surface area contributed by atoms with E-state index < -0.39 is 5.91 Å². The molecule has 134 valence electrons. The first kappa shape index (κ1) is 18.5. The number of hydrogen-bond acceptors (Lipinski definition) is 6. The molecule has 1 amide bonds. The lowest BCUT2D eigenvalue weighted by Gasteiger charge is -2.15. The third kappa shape index (κ3) is 3.83. The number of methoxy groups -OCH3 is 4. The van der Waals surface area contributed by atoms with Crippen molar-refractivity contribution in [2.24, 2.45) is 0 Å². The van der Waals surface area contributed by atoms with Crippen molar-refractivity contribution in [2.45, 2.75) is 0 Å². The second-order valence-corrected chi connectivity index (χ2v) is 5.36. The van der Waals surface area contributed by atoms with E-state index in [0.29, 0.717) is 39.9 Å². The predicted molar refractivity (Wildman–Crippen MR) is 96.5 cm³/mol. The maximum Gasteiger partial charge on any atom is 0.256 e. The standard InChI is InChI=1S/C17H19ClN2O5/c1-22-12-8-10(19)7-11(18)15(12)20-17(21)9-5-13(23-2)16(25-4)14(6-9)24-3/h5-8H,19H2,1-4H3,(H,20,21). The number of anilines is 2. The monoisotopic (exact) mass is 366 g/mol. The maximum absolute atomic E-state index is 12.6. The Labute approximate surface area is 150 Å². The van der Waals surface area contributed by atoms with Crippen LogP contribution >= 0.6 is 11.6 Å². The zero-order valence-electron chi connectivity index (χ0n) is 14.3. The van der Waals surface area contributed by atoms with Crippen LogP contribution in [0.1, 0.15) is 10.4 Å². The Morgan fingerprint density at radius 3 is 1.96 bits per heavy atom. The van der Waals surface area contributed by atoms with Gasteiger partial charge in [0.2, 0.25) is 5.75 Å². The summed E-state index contributed by atoms with van der Waals surface area (Å²) in [6, 6.07) is 6.16. The summed E-state index contributed by atoms with van der Waals surface area (Å²) in [4.78, 5) is 12.6. The first-order chi connectivity index (χ1) is 11.9. The van der Waals surface area contributed by atoms with Crippen molar-refractivity contribution >= 4 is 28.9 Å². The van der Waals surface area contributed by atoms with Gasteiger partial charge in [-0.25, -0.2) is 0 Å². The lowest BCUT2D eigenvalue weighted by atomic mass is 10.1. The van der Waals surface area contributed by atoms with Crippen molar-refractivity contribution in [3.05, 3.63) is 34.9 Å². The van der Waals surface area contributed by atoms with E-state index in [4.69, 9.17) is 36.3 Å². The number of carbonyl (C=O) groups excluding carboxylic acids is 1. The average Bonchev–Trinajstić information content (AvgIpc) is 2.61. The van der Waals surface area contributed by atoms with Crippen LogP contribution in [0.2, 0.25) is 5.02 Å². The van der Waals surface area contributed by atoms with Gasteiger partial charge in [0.25, 0.3) is 5.91 Å². The molecule has 2 aromatic carbocycles. The molecule has 0 aliphatic heterocycles. The molecule has 3 N–H and O–H groups in total. The number of halogens is 1. The fourth-order valence-electron chi connectivity index (χ4n) is 2.28. The predicted octanol–water partition coefficient (Wildman–Crippen LogP) is 3.21. The van der Waals surface area contributed by atoms with Crippen LogP contribution in [0.25, 0.3) is 0 Å². The van der Waals surface area contributed by atoms with Crippen molar-refractivity contribution in [3.8, 4) is 23.0 Å². The molecule has 7 nitrogen and oxygen atoms in total. The van der Waals surface area contributed by atoms with E-state index in [9.17, 15) is 4.79 Å². The molecule has 0 fully saturated rings. The van der Waals surface area contributed by atoms with Crippen molar-refractivity contribution in [1.82, 2.24) is 0 Å². The van der Waals surface area contributed by atoms with E-state index in [1.807, 2.05) is 0 Å². The summed E-state index contributed by atoms with van der Waals surface area (Å²) in [5.74, 6) is 1.05. The van der Waals surface area contributed by atoms with Gasteiger partial charge in [-0.15, -0.1) is 0 Å². The smallest absolute Gasteiger partial charge is 0.256 e. The number of nitrogens with two attached hydrogens (primary N) is 1. The quantitative estimate of drug-likeness (QED) is 0.763. The van der Waals surface area contributed by atoms with Gasteiger partial charge in [-0.1, -0.05) is 11.6 Å². The van der Waals surface area contributed by atoms with Crippen LogP contribution in [0.3, 0.4) is 0 Å². The molecule has 8 heteroatoms. The fourth-order valence-corrected chi connectivity index (χ4v) is 2.55. The highest BCUT2D eigenvalue weighted by atomic mass is 35.5. The molecule has 0 aliphatic rings. The zero-order valence-corrected chi connectivity index (χ0v) is 15.1. The molecule has 0 saturated carbocycles. The number of hydrogen-bond donors (Lipinski definition) is 2. The van der Waals surface area contributed by atoms with Crippen LogP contribution in [0.4, 0.5) is 11.4 Å². The van der Waals surface area contributed by atoms with Crippen molar-refractivity contribution in [2.75, 3.05) is 39.5 Å². The molecule has 0 bridgehead atoms. The molecule has 0 spiro atoms. The summed E-state index contributed by atoms with van der Waals surface area (Å²) in [6.45, 7) is 0. The summed E-state index contributed by atoms with van der Waals surface area (Å²) < 4.78 is 21.0. The van der Waals surface area contributed by atoms with E-state index in [1.54, 1.807) is 6.07 Å². The highest BCUT2D eigenvalue weighted by molar-refractivity contribution is 6.34. The number of nitrogens with one attached hydrogen (secondary N) is 1. The van der Waals surface area contributed by atoms with Gasteiger partial charge in [0, 0.05) is 17.3 Å². The summed E-state index contributed by atoms with van der Waals surface area (Å²) >= 11 is 6.17. The summed E-state index contributed by atoms with van der Waals surface area (Å²) in [5.41, 5.74) is 6.77. The Morgan fingerprint density at radius 2 is 1.48 bits per heavy atom. The van der Waals surface area contributed by atoms with Gasteiger partial charge >= 0.3 is 0 Å². The fraction of sp³-hybridized carbons (Fsp3) is 0.235. The van der Waals surface area contributed by atoms with Crippen LogP contribution in [0.15, 0.2) is 24.3 Å². The average molecular weight is 367 g/mol. The number of ether oxygens (including phenoxy) is 4. The Hall–Kier alpha value is -2.80. The second kappa shape index (κ2) is 7.85. The molecule has 2 rings (SSSR count). The summed E-state index contributed by atoms with van der Waals surface area (Å²) in [5, 5.41) is 2.97. The molecule has 0 aliphatic carbocycles. The highest BCUT2D eigenvalue weighted by Gasteiger charge is 2.19. The van der Waals surface area contributed by atoms with Crippen molar-refractivity contribution in [1.29, 1.82) is 0 Å². The molecular weight excluding hydrogens is 348 g/mol. The molecule has 0 radical (unpaired) electrons. The summed E-state index contributed by atoms with van der Waals surface area (Å²) in [6.07, 6.45) is 0. The second-order valence-electron chi connectivity index (χ2n) is 4.95. The van der Waals surface area contributed by atoms with Crippen LogP contribution in [-0.2, 0) is 0 Å². The van der Waals surface area contributed by atoms with Crippen LogP contribution < -0.4 is 30.0 Å². The third-order valence-corrected chi connectivity index (χ3v) is 3.76. The van der Waals surface area contributed by atoms with Gasteiger partial charge in [-0.3, -0.25) is 4.79 Å². The molecule has 0 saturated heterocycles. The minimum atomic E-state index is -0.427. The van der Waals surface area contributed by atoms with Crippen molar-refractivity contribution < 1.29 is 23.7 Å². The number of amides is 1. The molecule has 0 atom stereocenters. The van der Waals surface area contributed by atoms with Crippen LogP contribution in [-0.4, -0.2) is 34.3 Å². The first-order valence-corrected chi connectivity index (χ1v) is 7.57. The Morgan fingerprint density at radius 1 is 0.920 bits per heavy atom. The van der Waals surface area contributed by atoms with Gasteiger partial charge in [-0.2, -0.15) is 0 Å². The van der Waals surface area contributed by atoms with E-state index in [-0.39, 0.29) is 5.02 Å². The highest BCUT2D eigenvalue weighted by Crippen LogP contribution is 2.39. The minimum Gasteiger partial charge on any atom is -0.494 e. The van der Waals surface area contributed by atoms with Crippen LogP contribution in [0.5, 0.6) is 23.0 Å². The number of carbonyl (C=O) groups is 1. The van der Waals surface area contributed by atoms with E-state index in [1.165, 1.54) is 46.6 Å². The Kier molecular flexibility index (Phi) is 5.82. The van der Waals surface area contributed by atoms with Gasteiger partial charge in [-0.05, 0) is 18.2 Å². The number of benzene rings is 2. The van der Waals surface area contributed by atoms with E-state index in [0.717, 1.165) is 0 Å². The zero-order chi connectivity index (χ0) is 18.6. The Bertz CT molecular complexity index is 770. The molecule has 0 unspecified atom stereocenters. The molecule has 0 aromatic heterocycles.